The second kappa shape index (κ2) is 9.80. The van der Waals surface area contributed by atoms with Crippen molar-refractivity contribution in [2.45, 2.75) is 12.5 Å². The number of para-hydroxylation sites is 1. The number of nitrogens with zero attached hydrogens (tertiary/aromatic N) is 2. The van der Waals surface area contributed by atoms with Crippen LogP contribution >= 0.6 is 11.6 Å². The SMILES string of the molecule is COc1cc([C@H](C[N+](=O)[O-])c2c[nH]c3ccccc23)cc(Cl)c1OCc1ccc([N+](=O)[O-])cc1. The number of nitro benzene ring substituents is 1. The van der Waals surface area contributed by atoms with Crippen molar-refractivity contribution in [3.63, 3.8) is 0 Å². The van der Waals surface area contributed by atoms with Crippen LogP contribution in [0, 0.1) is 20.2 Å². The molecule has 0 radical (unpaired) electrons. The lowest BCUT2D eigenvalue weighted by Crippen LogP contribution is -2.14. The summed E-state index contributed by atoms with van der Waals surface area (Å²) in [6.07, 6.45) is 1.78. The normalized spacial score (nSPS) is 11.8. The molecule has 4 aromatic rings. The van der Waals surface area contributed by atoms with E-state index in [0.29, 0.717) is 16.9 Å². The first-order valence-corrected chi connectivity index (χ1v) is 10.7. The average Bonchev–Trinajstić information content (AvgIpc) is 3.25. The zero-order chi connectivity index (χ0) is 24.2. The molecule has 0 aliphatic rings. The van der Waals surface area contributed by atoms with Gasteiger partial charge in [0.15, 0.2) is 11.5 Å². The molecule has 0 unspecified atom stereocenters. The third-order valence-corrected chi connectivity index (χ3v) is 5.79. The van der Waals surface area contributed by atoms with E-state index < -0.39 is 10.8 Å². The predicted molar refractivity (Wildman–Crippen MR) is 127 cm³/mol. The Bertz CT molecular complexity index is 1350. The van der Waals surface area contributed by atoms with Crippen LogP contribution in [-0.4, -0.2) is 28.5 Å². The van der Waals surface area contributed by atoms with Crippen molar-refractivity contribution in [1.29, 1.82) is 0 Å². The molecule has 4 rings (SSSR count). The van der Waals surface area contributed by atoms with Gasteiger partial charge in [0.05, 0.1) is 23.0 Å². The van der Waals surface area contributed by atoms with E-state index in [9.17, 15) is 20.2 Å². The number of aromatic amines is 1. The largest absolute Gasteiger partial charge is 0.493 e. The molecule has 34 heavy (non-hydrogen) atoms. The highest BCUT2D eigenvalue weighted by Gasteiger charge is 2.26. The highest BCUT2D eigenvalue weighted by molar-refractivity contribution is 6.32. The van der Waals surface area contributed by atoms with Crippen molar-refractivity contribution in [2.75, 3.05) is 13.7 Å². The molecule has 9 nitrogen and oxygen atoms in total. The number of non-ortho nitro benzene ring substituents is 1. The summed E-state index contributed by atoms with van der Waals surface area (Å²) >= 11 is 6.53. The Labute approximate surface area is 199 Å². The highest BCUT2D eigenvalue weighted by atomic mass is 35.5. The third-order valence-electron chi connectivity index (χ3n) is 5.51. The van der Waals surface area contributed by atoms with Crippen LogP contribution in [-0.2, 0) is 6.61 Å². The third kappa shape index (κ3) is 4.79. The highest BCUT2D eigenvalue weighted by Crippen LogP contribution is 2.41. The number of methoxy groups -OCH3 is 1. The molecule has 1 N–H and O–H groups in total. The minimum Gasteiger partial charge on any atom is -0.493 e. The second-order valence-corrected chi connectivity index (χ2v) is 8.01. The van der Waals surface area contributed by atoms with E-state index in [1.165, 1.54) is 19.2 Å². The smallest absolute Gasteiger partial charge is 0.269 e. The summed E-state index contributed by atoms with van der Waals surface area (Å²) in [7, 11) is 1.46. The molecule has 0 saturated heterocycles. The average molecular weight is 482 g/mol. The maximum Gasteiger partial charge on any atom is 0.269 e. The molecule has 1 aromatic heterocycles. The second-order valence-electron chi connectivity index (χ2n) is 7.60. The Morgan fingerprint density at radius 3 is 2.47 bits per heavy atom. The van der Waals surface area contributed by atoms with E-state index in [2.05, 4.69) is 4.98 Å². The van der Waals surface area contributed by atoms with Crippen LogP contribution in [0.1, 0.15) is 22.6 Å². The first kappa shape index (κ1) is 23.1. The van der Waals surface area contributed by atoms with Crippen molar-refractivity contribution in [1.82, 2.24) is 4.98 Å². The molecular formula is C24H20ClN3O6. The van der Waals surface area contributed by atoms with Gasteiger partial charge in [-0.05, 0) is 47.0 Å². The summed E-state index contributed by atoms with van der Waals surface area (Å²) in [6, 6.07) is 16.9. The van der Waals surface area contributed by atoms with Gasteiger partial charge in [-0.25, -0.2) is 0 Å². The summed E-state index contributed by atoms with van der Waals surface area (Å²) in [5.41, 5.74) is 2.97. The van der Waals surface area contributed by atoms with Crippen molar-refractivity contribution < 1.29 is 19.3 Å². The quantitative estimate of drug-likeness (QED) is 0.241. The molecule has 10 heteroatoms. The van der Waals surface area contributed by atoms with E-state index >= 15 is 0 Å². The number of halogens is 1. The fraction of sp³-hybridized carbons (Fsp3) is 0.167. The van der Waals surface area contributed by atoms with Crippen LogP contribution in [0.25, 0.3) is 10.9 Å². The fourth-order valence-corrected chi connectivity index (χ4v) is 4.14. The first-order valence-electron chi connectivity index (χ1n) is 10.3. The van der Waals surface area contributed by atoms with Crippen molar-refractivity contribution in [3.05, 3.63) is 109 Å². The molecule has 0 saturated carbocycles. The number of aromatic nitrogens is 1. The summed E-state index contributed by atoms with van der Waals surface area (Å²) in [4.78, 5) is 24.7. The standard InChI is InChI=1S/C24H20ClN3O6/c1-33-23-11-16(20(13-27(29)30)19-12-26-22-5-3-2-4-18(19)22)10-21(25)24(23)34-14-15-6-8-17(9-7-15)28(31)32/h2-12,20,26H,13-14H2,1H3/t20-/m0/s1. The van der Waals surface area contributed by atoms with E-state index in [-0.39, 0.29) is 34.5 Å². The van der Waals surface area contributed by atoms with Crippen LogP contribution in [0.2, 0.25) is 5.02 Å². The number of benzene rings is 3. The number of hydrogen-bond acceptors (Lipinski definition) is 6. The van der Waals surface area contributed by atoms with Crippen LogP contribution in [0.15, 0.2) is 66.9 Å². The molecular weight excluding hydrogens is 462 g/mol. The van der Waals surface area contributed by atoms with Gasteiger partial charge in [0.25, 0.3) is 5.69 Å². The number of nitrogens with one attached hydrogen (secondary N) is 1. The number of fused-ring (bicyclic) bond motifs is 1. The predicted octanol–water partition coefficient (Wildman–Crippen LogP) is 5.73. The minimum absolute atomic E-state index is 0.0159. The van der Waals surface area contributed by atoms with Crippen molar-refractivity contribution in [2.24, 2.45) is 0 Å². The zero-order valence-corrected chi connectivity index (χ0v) is 18.8. The molecule has 0 bridgehead atoms. The molecule has 0 fully saturated rings. The fourth-order valence-electron chi connectivity index (χ4n) is 3.87. The molecule has 0 aliphatic carbocycles. The monoisotopic (exact) mass is 481 g/mol. The summed E-state index contributed by atoms with van der Waals surface area (Å²) in [5.74, 6) is 0.0453. The van der Waals surface area contributed by atoms with Gasteiger partial charge >= 0.3 is 0 Å². The summed E-state index contributed by atoms with van der Waals surface area (Å²) < 4.78 is 11.3. The van der Waals surface area contributed by atoms with E-state index in [1.807, 2.05) is 24.3 Å². The maximum absolute atomic E-state index is 11.5. The van der Waals surface area contributed by atoms with Gasteiger partial charge < -0.3 is 14.5 Å². The lowest BCUT2D eigenvalue weighted by atomic mass is 9.90. The topological polar surface area (TPSA) is 121 Å². The Balaban J connectivity index is 1.66. The number of ether oxygens (including phenoxy) is 2. The summed E-state index contributed by atoms with van der Waals surface area (Å²) in [6.45, 7) is -0.224. The number of H-pyrrole nitrogens is 1. The van der Waals surface area contributed by atoms with Crippen LogP contribution in [0.5, 0.6) is 11.5 Å². The van der Waals surface area contributed by atoms with E-state index in [0.717, 1.165) is 16.5 Å². The minimum atomic E-state index is -0.568. The Kier molecular flexibility index (Phi) is 6.65. The van der Waals surface area contributed by atoms with Crippen molar-refractivity contribution >= 4 is 28.2 Å². The Hall–Kier alpha value is -4.11. The summed E-state index contributed by atoms with van der Waals surface area (Å²) in [5, 5.41) is 23.5. The van der Waals surface area contributed by atoms with E-state index in [4.69, 9.17) is 21.1 Å². The number of hydrogen-bond donors (Lipinski definition) is 1. The number of rotatable bonds is 9. The van der Waals surface area contributed by atoms with Gasteiger partial charge in [-0.15, -0.1) is 0 Å². The van der Waals surface area contributed by atoms with Crippen LogP contribution in [0.3, 0.4) is 0 Å². The lowest BCUT2D eigenvalue weighted by molar-refractivity contribution is -0.481. The Morgan fingerprint density at radius 2 is 1.79 bits per heavy atom. The maximum atomic E-state index is 11.5. The zero-order valence-electron chi connectivity index (χ0n) is 18.1. The van der Waals surface area contributed by atoms with Gasteiger partial charge in [0, 0.05) is 34.2 Å². The van der Waals surface area contributed by atoms with Gasteiger partial charge in [-0.1, -0.05) is 29.8 Å². The van der Waals surface area contributed by atoms with Crippen LogP contribution in [0.4, 0.5) is 5.69 Å². The Morgan fingerprint density at radius 1 is 1.06 bits per heavy atom. The van der Waals surface area contributed by atoms with Crippen LogP contribution < -0.4 is 9.47 Å². The van der Waals surface area contributed by atoms with Gasteiger partial charge in [0.2, 0.25) is 6.54 Å². The lowest BCUT2D eigenvalue weighted by Gasteiger charge is -2.18. The molecule has 3 aromatic carbocycles. The van der Waals surface area contributed by atoms with Gasteiger partial charge in [0.1, 0.15) is 6.61 Å². The van der Waals surface area contributed by atoms with Gasteiger partial charge in [-0.3, -0.25) is 20.2 Å². The molecule has 174 valence electrons. The van der Waals surface area contributed by atoms with Crippen molar-refractivity contribution in [3.8, 4) is 11.5 Å². The van der Waals surface area contributed by atoms with E-state index in [1.54, 1.807) is 30.5 Å². The van der Waals surface area contributed by atoms with Gasteiger partial charge in [-0.2, -0.15) is 0 Å². The first-order chi connectivity index (χ1) is 16.4. The molecule has 0 amide bonds. The molecule has 1 atom stereocenters. The molecule has 1 heterocycles. The molecule has 0 spiro atoms. The molecule has 0 aliphatic heterocycles. The number of nitro groups is 2.